The molecular formula is C16H14N2O2. The van der Waals surface area contributed by atoms with Crippen molar-refractivity contribution in [2.45, 2.75) is 6.54 Å². The van der Waals surface area contributed by atoms with Crippen LogP contribution < -0.4 is 5.69 Å². The number of rotatable bonds is 3. The topological polar surface area (TPSA) is 47.2 Å². The fourth-order valence-electron chi connectivity index (χ4n) is 2.15. The summed E-state index contributed by atoms with van der Waals surface area (Å²) in [7, 11) is 0. The summed E-state index contributed by atoms with van der Waals surface area (Å²) >= 11 is 0. The Bertz CT molecular complexity index is 755. The average Bonchev–Trinajstić information content (AvgIpc) is 2.81. The Kier molecular flexibility index (Phi) is 3.13. The second-order valence-electron chi connectivity index (χ2n) is 4.62. The van der Waals surface area contributed by atoms with E-state index in [4.69, 9.17) is 0 Å². The Hall–Kier alpha value is -2.75. The monoisotopic (exact) mass is 266 g/mol. The van der Waals surface area contributed by atoms with Gasteiger partial charge < -0.3 is 5.21 Å². The van der Waals surface area contributed by atoms with E-state index >= 15 is 0 Å². The van der Waals surface area contributed by atoms with Crippen LogP contribution in [0.15, 0.2) is 71.8 Å². The molecule has 100 valence electrons. The van der Waals surface area contributed by atoms with Crippen molar-refractivity contribution in [1.82, 2.24) is 9.30 Å². The van der Waals surface area contributed by atoms with Crippen LogP contribution in [0.5, 0.6) is 0 Å². The molecule has 2 aromatic carbocycles. The molecule has 3 rings (SSSR count). The zero-order valence-corrected chi connectivity index (χ0v) is 10.8. The van der Waals surface area contributed by atoms with Gasteiger partial charge in [-0.05, 0) is 16.7 Å². The van der Waals surface area contributed by atoms with Gasteiger partial charge in [-0.25, -0.2) is 4.79 Å². The second-order valence-corrected chi connectivity index (χ2v) is 4.62. The molecule has 0 aliphatic rings. The molecule has 0 spiro atoms. The second kappa shape index (κ2) is 5.09. The summed E-state index contributed by atoms with van der Waals surface area (Å²) in [6.07, 6.45) is 2.90. The fourth-order valence-corrected chi connectivity index (χ4v) is 2.15. The molecule has 0 atom stereocenters. The van der Waals surface area contributed by atoms with Gasteiger partial charge in [0, 0.05) is 6.20 Å². The van der Waals surface area contributed by atoms with E-state index in [0.717, 1.165) is 16.7 Å². The van der Waals surface area contributed by atoms with Gasteiger partial charge in [-0.3, -0.25) is 4.57 Å². The van der Waals surface area contributed by atoms with Gasteiger partial charge in [0.1, 0.15) is 0 Å². The number of benzene rings is 2. The SMILES string of the molecule is O=c1n(O)ccn1Cc1ccc(-c2ccccc2)cc1. The molecule has 0 saturated carbocycles. The first-order chi connectivity index (χ1) is 9.74. The zero-order chi connectivity index (χ0) is 13.9. The molecule has 4 nitrogen and oxygen atoms in total. The summed E-state index contributed by atoms with van der Waals surface area (Å²) < 4.78 is 2.04. The molecule has 0 amide bonds. The summed E-state index contributed by atoms with van der Waals surface area (Å²) in [5.74, 6) is 0. The third-order valence-electron chi connectivity index (χ3n) is 3.24. The standard InChI is InChI=1S/C16H14N2O2/c19-16-17(10-11-18(16)20)12-13-6-8-15(9-7-13)14-4-2-1-3-5-14/h1-11,20H,12H2. The van der Waals surface area contributed by atoms with Crippen molar-refractivity contribution >= 4 is 0 Å². The lowest BCUT2D eigenvalue weighted by Gasteiger charge is -2.05. The van der Waals surface area contributed by atoms with E-state index in [1.54, 1.807) is 6.20 Å². The summed E-state index contributed by atoms with van der Waals surface area (Å²) in [6.45, 7) is 0.446. The minimum Gasteiger partial charge on any atom is -0.424 e. The van der Waals surface area contributed by atoms with Crippen LogP contribution in [0.1, 0.15) is 5.56 Å². The van der Waals surface area contributed by atoms with Gasteiger partial charge in [-0.2, -0.15) is 0 Å². The molecule has 0 radical (unpaired) electrons. The molecule has 1 heterocycles. The van der Waals surface area contributed by atoms with Gasteiger partial charge in [0.05, 0.1) is 12.7 Å². The van der Waals surface area contributed by atoms with E-state index in [1.807, 2.05) is 42.5 Å². The third-order valence-corrected chi connectivity index (χ3v) is 3.24. The normalized spacial score (nSPS) is 10.6. The van der Waals surface area contributed by atoms with Crippen LogP contribution in [-0.4, -0.2) is 14.5 Å². The minimum absolute atomic E-state index is 0.433. The summed E-state index contributed by atoms with van der Waals surface area (Å²) in [5.41, 5.74) is 2.88. The first-order valence-electron chi connectivity index (χ1n) is 6.35. The molecule has 1 aromatic heterocycles. The Balaban J connectivity index is 1.83. The summed E-state index contributed by atoms with van der Waals surface area (Å²) in [6, 6.07) is 18.2. The van der Waals surface area contributed by atoms with Crippen molar-refractivity contribution in [3.63, 3.8) is 0 Å². The van der Waals surface area contributed by atoms with E-state index in [-0.39, 0.29) is 0 Å². The Morgan fingerprint density at radius 2 is 1.50 bits per heavy atom. The largest absolute Gasteiger partial charge is 0.424 e. The van der Waals surface area contributed by atoms with Crippen LogP contribution >= 0.6 is 0 Å². The summed E-state index contributed by atoms with van der Waals surface area (Å²) in [4.78, 5) is 11.5. The van der Waals surface area contributed by atoms with Crippen LogP contribution in [0, 0.1) is 0 Å². The Morgan fingerprint density at radius 1 is 0.850 bits per heavy atom. The first-order valence-corrected chi connectivity index (χ1v) is 6.35. The van der Waals surface area contributed by atoms with Gasteiger partial charge in [0.2, 0.25) is 0 Å². The van der Waals surface area contributed by atoms with E-state index in [2.05, 4.69) is 12.1 Å². The van der Waals surface area contributed by atoms with Crippen LogP contribution in [-0.2, 0) is 6.54 Å². The van der Waals surface area contributed by atoms with Crippen molar-refractivity contribution in [2.24, 2.45) is 0 Å². The lowest BCUT2D eigenvalue weighted by molar-refractivity contribution is 0.173. The zero-order valence-electron chi connectivity index (χ0n) is 10.8. The van der Waals surface area contributed by atoms with E-state index in [0.29, 0.717) is 11.3 Å². The highest BCUT2D eigenvalue weighted by Gasteiger charge is 2.03. The fraction of sp³-hybridized carbons (Fsp3) is 0.0625. The molecule has 0 aliphatic carbocycles. The molecule has 1 N–H and O–H groups in total. The Labute approximate surface area is 116 Å². The van der Waals surface area contributed by atoms with Gasteiger partial charge in [0.25, 0.3) is 0 Å². The van der Waals surface area contributed by atoms with Crippen LogP contribution in [0.4, 0.5) is 0 Å². The molecule has 0 fully saturated rings. The van der Waals surface area contributed by atoms with Gasteiger partial charge in [-0.1, -0.05) is 54.6 Å². The van der Waals surface area contributed by atoms with Crippen LogP contribution in [0.3, 0.4) is 0 Å². The first kappa shape index (κ1) is 12.3. The number of hydrogen-bond donors (Lipinski definition) is 1. The molecule has 0 aliphatic heterocycles. The Morgan fingerprint density at radius 3 is 2.10 bits per heavy atom. The van der Waals surface area contributed by atoms with Crippen molar-refractivity contribution in [1.29, 1.82) is 0 Å². The van der Waals surface area contributed by atoms with Crippen molar-refractivity contribution in [2.75, 3.05) is 0 Å². The van der Waals surface area contributed by atoms with E-state index in [1.165, 1.54) is 10.8 Å². The van der Waals surface area contributed by atoms with Crippen LogP contribution in [0.2, 0.25) is 0 Å². The average molecular weight is 266 g/mol. The predicted octanol–water partition coefficient (Wildman–Crippen LogP) is 2.60. The quantitative estimate of drug-likeness (QED) is 0.741. The maximum atomic E-state index is 11.5. The molecule has 4 heteroatoms. The molecule has 0 bridgehead atoms. The van der Waals surface area contributed by atoms with Crippen molar-refractivity contribution in [3.8, 4) is 11.1 Å². The molecule has 3 aromatic rings. The highest BCUT2D eigenvalue weighted by atomic mass is 16.5. The predicted molar refractivity (Wildman–Crippen MR) is 76.9 cm³/mol. The lowest BCUT2D eigenvalue weighted by atomic mass is 10.0. The van der Waals surface area contributed by atoms with Gasteiger partial charge >= 0.3 is 5.69 Å². The molecule has 0 unspecified atom stereocenters. The maximum Gasteiger partial charge on any atom is 0.361 e. The van der Waals surface area contributed by atoms with Crippen molar-refractivity contribution < 1.29 is 5.21 Å². The molecular weight excluding hydrogens is 252 g/mol. The minimum atomic E-state index is -0.433. The lowest BCUT2D eigenvalue weighted by Crippen LogP contribution is -2.22. The summed E-state index contributed by atoms with van der Waals surface area (Å²) in [5, 5.41) is 9.19. The molecule has 0 saturated heterocycles. The highest BCUT2D eigenvalue weighted by molar-refractivity contribution is 5.63. The third kappa shape index (κ3) is 2.36. The van der Waals surface area contributed by atoms with E-state index in [9.17, 15) is 10.0 Å². The number of imidazole rings is 1. The number of aromatic nitrogens is 2. The van der Waals surface area contributed by atoms with Gasteiger partial charge in [0.15, 0.2) is 0 Å². The van der Waals surface area contributed by atoms with Crippen LogP contribution in [0.25, 0.3) is 11.1 Å². The van der Waals surface area contributed by atoms with E-state index < -0.39 is 5.69 Å². The maximum absolute atomic E-state index is 11.5. The number of hydrogen-bond acceptors (Lipinski definition) is 2. The van der Waals surface area contributed by atoms with Gasteiger partial charge in [-0.15, -0.1) is 4.73 Å². The smallest absolute Gasteiger partial charge is 0.361 e. The highest BCUT2D eigenvalue weighted by Crippen LogP contribution is 2.19. The number of nitrogens with zero attached hydrogens (tertiary/aromatic N) is 2. The van der Waals surface area contributed by atoms with Crippen molar-refractivity contribution in [3.05, 3.63) is 83.0 Å². The molecule has 20 heavy (non-hydrogen) atoms.